The highest BCUT2D eigenvalue weighted by molar-refractivity contribution is 6.01. The van der Waals surface area contributed by atoms with Gasteiger partial charge in [0.2, 0.25) is 0 Å². The van der Waals surface area contributed by atoms with Gasteiger partial charge in [-0.25, -0.2) is 4.79 Å². The van der Waals surface area contributed by atoms with Gasteiger partial charge in [-0.3, -0.25) is 4.79 Å². The number of carbonyl (C=O) groups excluding carboxylic acids is 2. The Bertz CT molecular complexity index is 724. The second kappa shape index (κ2) is 7.79. The molecule has 0 saturated heterocycles. The first kappa shape index (κ1) is 16.3. The van der Waals surface area contributed by atoms with E-state index in [1.807, 2.05) is 37.3 Å². The van der Waals surface area contributed by atoms with Crippen LogP contribution in [0.4, 0.5) is 5.69 Å². The van der Waals surface area contributed by atoms with Gasteiger partial charge < -0.3 is 15.4 Å². The van der Waals surface area contributed by atoms with Crippen LogP contribution in [-0.2, 0) is 9.53 Å². The number of methoxy groups -OCH3 is 1. The lowest BCUT2D eigenvalue weighted by atomic mass is 10.2. The fourth-order valence-corrected chi connectivity index (χ4v) is 1.93. The van der Waals surface area contributed by atoms with Crippen molar-refractivity contribution in [3.63, 3.8) is 0 Å². The number of nitrogens with one attached hydrogen (secondary N) is 2. The van der Waals surface area contributed by atoms with Crippen LogP contribution in [0.5, 0.6) is 0 Å². The largest absolute Gasteiger partial charge is 0.464 e. The molecule has 2 aromatic rings. The number of hydrogen-bond acceptors (Lipinski definition) is 4. The molecule has 0 heterocycles. The fraction of sp³-hybridized carbons (Fsp3) is 0.111. The van der Waals surface area contributed by atoms with E-state index in [4.69, 9.17) is 4.74 Å². The van der Waals surface area contributed by atoms with E-state index in [0.717, 1.165) is 11.3 Å². The Hall–Kier alpha value is -3.08. The van der Waals surface area contributed by atoms with Crippen LogP contribution in [0.25, 0.3) is 0 Å². The third-order valence-electron chi connectivity index (χ3n) is 3.09. The van der Waals surface area contributed by atoms with Gasteiger partial charge in [0.1, 0.15) is 5.70 Å². The molecule has 0 bridgehead atoms. The Kier molecular flexibility index (Phi) is 5.52. The Balaban J connectivity index is 2.15. The summed E-state index contributed by atoms with van der Waals surface area (Å²) in [7, 11) is 1.26. The molecule has 0 radical (unpaired) electrons. The van der Waals surface area contributed by atoms with E-state index in [0.29, 0.717) is 5.56 Å². The molecule has 23 heavy (non-hydrogen) atoms. The van der Waals surface area contributed by atoms with Gasteiger partial charge in [0, 0.05) is 17.5 Å². The second-order valence-corrected chi connectivity index (χ2v) is 4.88. The molecule has 5 nitrogen and oxygen atoms in total. The molecule has 0 aliphatic heterocycles. The first-order valence-corrected chi connectivity index (χ1v) is 7.08. The van der Waals surface area contributed by atoms with Crippen molar-refractivity contribution in [2.45, 2.75) is 6.92 Å². The van der Waals surface area contributed by atoms with Crippen LogP contribution in [-0.4, -0.2) is 19.0 Å². The summed E-state index contributed by atoms with van der Waals surface area (Å²) in [5.41, 5.74) is 2.37. The lowest BCUT2D eigenvalue weighted by molar-refractivity contribution is -0.136. The molecule has 0 aliphatic rings. The van der Waals surface area contributed by atoms with Crippen LogP contribution in [0, 0.1) is 6.92 Å². The summed E-state index contributed by atoms with van der Waals surface area (Å²) in [6.45, 7) is 1.97. The monoisotopic (exact) mass is 310 g/mol. The lowest BCUT2D eigenvalue weighted by Crippen LogP contribution is -2.28. The number of esters is 1. The van der Waals surface area contributed by atoms with Crippen LogP contribution in [0.15, 0.2) is 66.5 Å². The molecule has 2 rings (SSSR count). The highest BCUT2D eigenvalue weighted by Gasteiger charge is 2.14. The van der Waals surface area contributed by atoms with Crippen molar-refractivity contribution in [3.05, 3.63) is 77.6 Å². The number of benzene rings is 2. The molecule has 0 aromatic heterocycles. The molecule has 2 aromatic carbocycles. The van der Waals surface area contributed by atoms with Gasteiger partial charge in [-0.05, 0) is 36.8 Å². The summed E-state index contributed by atoms with van der Waals surface area (Å²) in [4.78, 5) is 24.0. The predicted molar refractivity (Wildman–Crippen MR) is 88.8 cm³/mol. The smallest absolute Gasteiger partial charge is 0.356 e. The molecule has 0 saturated carbocycles. The number of anilines is 1. The molecular formula is C18H18N2O3. The third kappa shape index (κ3) is 4.71. The van der Waals surface area contributed by atoms with Gasteiger partial charge in [-0.1, -0.05) is 30.3 Å². The SMILES string of the molecule is COC(=O)/C(=C/Nc1cccc(C)c1)NC(=O)c1ccccc1. The van der Waals surface area contributed by atoms with Crippen LogP contribution in [0.1, 0.15) is 15.9 Å². The van der Waals surface area contributed by atoms with Crippen molar-refractivity contribution in [2.24, 2.45) is 0 Å². The van der Waals surface area contributed by atoms with E-state index >= 15 is 0 Å². The zero-order valence-corrected chi connectivity index (χ0v) is 13.0. The first-order valence-electron chi connectivity index (χ1n) is 7.08. The topological polar surface area (TPSA) is 67.4 Å². The standard InChI is InChI=1S/C18H18N2O3/c1-13-7-6-10-15(11-13)19-12-16(18(22)23-2)20-17(21)14-8-4-3-5-9-14/h3-12,19H,1-2H3,(H,20,21)/b16-12-. The summed E-state index contributed by atoms with van der Waals surface area (Å²) in [6.07, 6.45) is 1.42. The maximum Gasteiger partial charge on any atom is 0.356 e. The number of amides is 1. The number of carbonyl (C=O) groups is 2. The van der Waals surface area contributed by atoms with Crippen LogP contribution < -0.4 is 10.6 Å². The van der Waals surface area contributed by atoms with Gasteiger partial charge in [0.05, 0.1) is 7.11 Å². The number of hydrogen-bond donors (Lipinski definition) is 2. The van der Waals surface area contributed by atoms with Crippen LogP contribution in [0.3, 0.4) is 0 Å². The molecule has 0 aliphatic carbocycles. The van der Waals surface area contributed by atoms with Gasteiger partial charge in [0.15, 0.2) is 0 Å². The average Bonchev–Trinajstić information content (AvgIpc) is 2.58. The van der Waals surface area contributed by atoms with Crippen molar-refractivity contribution in [1.29, 1.82) is 0 Å². The molecule has 1 amide bonds. The van der Waals surface area contributed by atoms with Crippen molar-refractivity contribution in [3.8, 4) is 0 Å². The Morgan fingerprint density at radius 3 is 2.43 bits per heavy atom. The van der Waals surface area contributed by atoms with Gasteiger partial charge in [-0.2, -0.15) is 0 Å². The molecule has 0 fully saturated rings. The summed E-state index contributed by atoms with van der Waals surface area (Å²) in [5, 5.41) is 5.53. The van der Waals surface area contributed by atoms with E-state index in [2.05, 4.69) is 10.6 Å². The third-order valence-corrected chi connectivity index (χ3v) is 3.09. The van der Waals surface area contributed by atoms with Gasteiger partial charge in [0.25, 0.3) is 5.91 Å². The van der Waals surface area contributed by atoms with Crippen LogP contribution in [0.2, 0.25) is 0 Å². The second-order valence-electron chi connectivity index (χ2n) is 4.88. The summed E-state index contributed by atoms with van der Waals surface area (Å²) in [6, 6.07) is 16.3. The Morgan fingerprint density at radius 1 is 1.04 bits per heavy atom. The quantitative estimate of drug-likeness (QED) is 0.658. The van der Waals surface area contributed by atoms with E-state index < -0.39 is 5.97 Å². The fourth-order valence-electron chi connectivity index (χ4n) is 1.93. The lowest BCUT2D eigenvalue weighted by Gasteiger charge is -2.09. The van der Waals surface area contributed by atoms with Gasteiger partial charge >= 0.3 is 5.97 Å². The summed E-state index contributed by atoms with van der Waals surface area (Å²) in [5.74, 6) is -1.01. The maximum atomic E-state index is 12.2. The number of ether oxygens (including phenoxy) is 1. The minimum atomic E-state index is -0.630. The molecule has 0 atom stereocenters. The highest BCUT2D eigenvalue weighted by atomic mass is 16.5. The Labute approximate surface area is 135 Å². The summed E-state index contributed by atoms with van der Waals surface area (Å²) < 4.78 is 4.70. The minimum Gasteiger partial charge on any atom is -0.464 e. The normalized spacial score (nSPS) is 10.8. The average molecular weight is 310 g/mol. The molecule has 118 valence electrons. The summed E-state index contributed by atoms with van der Waals surface area (Å²) >= 11 is 0. The van der Waals surface area contributed by atoms with Crippen molar-refractivity contribution >= 4 is 17.6 Å². The zero-order chi connectivity index (χ0) is 16.7. The zero-order valence-electron chi connectivity index (χ0n) is 13.0. The first-order chi connectivity index (χ1) is 11.1. The highest BCUT2D eigenvalue weighted by Crippen LogP contribution is 2.10. The molecule has 0 unspecified atom stereocenters. The Morgan fingerprint density at radius 2 is 1.78 bits per heavy atom. The number of aryl methyl sites for hydroxylation is 1. The van der Waals surface area contributed by atoms with Crippen molar-refractivity contribution in [1.82, 2.24) is 5.32 Å². The van der Waals surface area contributed by atoms with Crippen LogP contribution >= 0.6 is 0 Å². The number of rotatable bonds is 5. The minimum absolute atomic E-state index is 0.0304. The van der Waals surface area contributed by atoms with Gasteiger partial charge in [-0.15, -0.1) is 0 Å². The molecule has 0 spiro atoms. The predicted octanol–water partition coefficient (Wildman–Crippen LogP) is 2.85. The molecular weight excluding hydrogens is 292 g/mol. The van der Waals surface area contributed by atoms with E-state index in [1.54, 1.807) is 24.3 Å². The maximum absolute atomic E-state index is 12.2. The van der Waals surface area contributed by atoms with E-state index in [9.17, 15) is 9.59 Å². The molecule has 5 heteroatoms. The van der Waals surface area contributed by atoms with E-state index in [-0.39, 0.29) is 11.6 Å². The van der Waals surface area contributed by atoms with Crippen molar-refractivity contribution < 1.29 is 14.3 Å². The van der Waals surface area contributed by atoms with Crippen molar-refractivity contribution in [2.75, 3.05) is 12.4 Å². The van der Waals surface area contributed by atoms with E-state index in [1.165, 1.54) is 13.3 Å². The molecule has 2 N–H and O–H groups in total.